The summed E-state index contributed by atoms with van der Waals surface area (Å²) in [4.78, 5) is 44.4. The summed E-state index contributed by atoms with van der Waals surface area (Å²) in [5.41, 5.74) is 1.22. The summed E-state index contributed by atoms with van der Waals surface area (Å²) in [6.07, 6.45) is 0.315. The number of imide groups is 1. The number of thioether (sulfide) groups is 1. The summed E-state index contributed by atoms with van der Waals surface area (Å²) in [5, 5.41) is 2.88. The lowest BCUT2D eigenvalue weighted by atomic mass is 9.84. The molecule has 1 spiro atoms. The molecule has 3 aliphatic heterocycles. The Morgan fingerprint density at radius 2 is 1.74 bits per heavy atom. The van der Waals surface area contributed by atoms with Crippen LogP contribution in [0, 0.1) is 0 Å². The van der Waals surface area contributed by atoms with Crippen LogP contribution in [0.5, 0.6) is 5.75 Å². The van der Waals surface area contributed by atoms with Gasteiger partial charge in [-0.25, -0.2) is 4.79 Å². The van der Waals surface area contributed by atoms with Crippen molar-refractivity contribution < 1.29 is 19.1 Å². The molecule has 3 aromatic carbocycles. The van der Waals surface area contributed by atoms with E-state index in [-0.39, 0.29) is 18.5 Å². The van der Waals surface area contributed by atoms with Crippen LogP contribution in [-0.4, -0.2) is 41.6 Å². The number of benzene rings is 3. The molecule has 2 atom stereocenters. The molecule has 35 heavy (non-hydrogen) atoms. The maximum Gasteiger partial charge on any atom is 0.325 e. The molecule has 1 saturated heterocycles. The van der Waals surface area contributed by atoms with Crippen molar-refractivity contribution in [1.82, 2.24) is 10.2 Å². The number of rotatable bonds is 3. The van der Waals surface area contributed by atoms with Crippen LogP contribution in [0.4, 0.5) is 10.5 Å². The molecule has 0 unspecified atom stereocenters. The number of hydrogen-bond acceptors (Lipinski definition) is 5. The molecular formula is C27H23N3O4S. The summed E-state index contributed by atoms with van der Waals surface area (Å²) in [6, 6.07) is 24.1. The minimum Gasteiger partial charge on any atom is -0.493 e. The number of fused-ring (bicyclic) bond motifs is 3. The third kappa shape index (κ3) is 3.47. The van der Waals surface area contributed by atoms with Crippen molar-refractivity contribution in [1.29, 1.82) is 0 Å². The number of anilines is 1. The molecule has 6 rings (SSSR count). The molecular weight excluding hydrogens is 462 g/mol. The van der Waals surface area contributed by atoms with E-state index in [1.165, 1.54) is 0 Å². The summed E-state index contributed by atoms with van der Waals surface area (Å²) in [6.45, 7) is -0.0323. The molecule has 3 aliphatic rings. The lowest BCUT2D eigenvalue weighted by Gasteiger charge is -2.38. The van der Waals surface area contributed by atoms with Gasteiger partial charge in [-0.3, -0.25) is 14.5 Å². The van der Waals surface area contributed by atoms with Gasteiger partial charge in [0.15, 0.2) is 5.54 Å². The van der Waals surface area contributed by atoms with Gasteiger partial charge in [0.2, 0.25) is 5.91 Å². The molecule has 8 heteroatoms. The van der Waals surface area contributed by atoms with Gasteiger partial charge in [-0.15, -0.1) is 11.8 Å². The van der Waals surface area contributed by atoms with Gasteiger partial charge >= 0.3 is 6.03 Å². The van der Waals surface area contributed by atoms with Crippen LogP contribution in [0.15, 0.2) is 83.8 Å². The smallest absolute Gasteiger partial charge is 0.325 e. The number of amides is 4. The van der Waals surface area contributed by atoms with Crippen molar-refractivity contribution in [2.24, 2.45) is 0 Å². The fraction of sp³-hybridized carbons (Fsp3) is 0.222. The largest absolute Gasteiger partial charge is 0.493 e. The van der Waals surface area contributed by atoms with Crippen LogP contribution in [0.1, 0.15) is 23.6 Å². The van der Waals surface area contributed by atoms with Crippen LogP contribution in [-0.2, 0) is 15.1 Å². The number of nitrogens with zero attached hydrogens (tertiary/aromatic N) is 2. The molecule has 0 saturated carbocycles. The van der Waals surface area contributed by atoms with Gasteiger partial charge in [0, 0.05) is 22.6 Å². The number of hydrogen-bond donors (Lipinski definition) is 1. The molecule has 7 nitrogen and oxygen atoms in total. The van der Waals surface area contributed by atoms with E-state index in [9.17, 15) is 14.4 Å². The first-order chi connectivity index (χ1) is 17.1. The van der Waals surface area contributed by atoms with E-state index in [2.05, 4.69) is 5.32 Å². The van der Waals surface area contributed by atoms with Crippen LogP contribution in [0.2, 0.25) is 0 Å². The average molecular weight is 486 g/mol. The van der Waals surface area contributed by atoms with Crippen molar-refractivity contribution in [2.75, 3.05) is 23.8 Å². The lowest BCUT2D eigenvalue weighted by molar-refractivity contribution is -0.135. The Bertz CT molecular complexity index is 1330. The van der Waals surface area contributed by atoms with Crippen molar-refractivity contribution >= 4 is 35.3 Å². The number of ether oxygens (including phenoxy) is 1. The fourth-order valence-corrected chi connectivity index (χ4v) is 6.31. The number of carbonyl (C=O) groups excluding carboxylic acids is 3. The first-order valence-corrected chi connectivity index (χ1v) is 12.5. The van der Waals surface area contributed by atoms with Crippen LogP contribution in [0.25, 0.3) is 0 Å². The number of urea groups is 1. The highest BCUT2D eigenvalue weighted by Crippen LogP contribution is 2.44. The standard InChI is InChI=1S/C27H23N3O4S/c31-24(30-20-11-5-7-13-23(20)35-17-21(30)18-8-2-1-3-9-18)16-29-25(32)27(28-26(29)33)14-15-34-22-12-6-4-10-19(22)27/h1-13,21H,14-17H2,(H,28,33)/t21-,27-/m0/s1. The number of carbonyl (C=O) groups is 3. The van der Waals surface area contributed by atoms with Crippen LogP contribution < -0.4 is 15.0 Å². The highest BCUT2D eigenvalue weighted by Gasteiger charge is 2.55. The lowest BCUT2D eigenvalue weighted by Crippen LogP contribution is -2.49. The van der Waals surface area contributed by atoms with Gasteiger partial charge in [-0.2, -0.15) is 0 Å². The molecule has 1 fully saturated rings. The van der Waals surface area contributed by atoms with E-state index >= 15 is 0 Å². The van der Waals surface area contributed by atoms with Gasteiger partial charge in [-0.1, -0.05) is 60.7 Å². The van der Waals surface area contributed by atoms with Crippen molar-refractivity contribution in [2.45, 2.75) is 22.9 Å². The highest BCUT2D eigenvalue weighted by molar-refractivity contribution is 7.99. The zero-order chi connectivity index (χ0) is 24.0. The predicted octanol–water partition coefficient (Wildman–Crippen LogP) is 4.10. The minimum absolute atomic E-state index is 0.206. The van der Waals surface area contributed by atoms with Crippen LogP contribution >= 0.6 is 11.8 Å². The quantitative estimate of drug-likeness (QED) is 0.566. The fourth-order valence-electron chi connectivity index (χ4n) is 5.14. The zero-order valence-corrected chi connectivity index (χ0v) is 19.7. The SMILES string of the molecule is O=C1N[C@]2(CCOc3ccccc32)C(=O)N1CC(=O)N1c2ccccc2SC[C@H]1c1ccccc1. The Morgan fingerprint density at radius 3 is 2.60 bits per heavy atom. The Morgan fingerprint density at radius 1 is 1.00 bits per heavy atom. The van der Waals surface area contributed by atoms with E-state index in [1.54, 1.807) is 28.8 Å². The van der Waals surface area contributed by atoms with E-state index in [4.69, 9.17) is 4.74 Å². The summed E-state index contributed by atoms with van der Waals surface area (Å²) in [5.74, 6) is 0.545. The van der Waals surface area contributed by atoms with Gasteiger partial charge < -0.3 is 15.0 Å². The second-order valence-corrected chi connectivity index (χ2v) is 9.85. The Kier molecular flexibility index (Phi) is 5.25. The second-order valence-electron chi connectivity index (χ2n) is 8.79. The summed E-state index contributed by atoms with van der Waals surface area (Å²) in [7, 11) is 0. The Hall–Kier alpha value is -3.78. The maximum absolute atomic E-state index is 13.8. The molecule has 3 aromatic rings. The van der Waals surface area contributed by atoms with Gasteiger partial charge in [0.1, 0.15) is 12.3 Å². The van der Waals surface area contributed by atoms with Crippen LogP contribution in [0.3, 0.4) is 0 Å². The Labute approximate surface area is 207 Å². The van der Waals surface area contributed by atoms with E-state index < -0.39 is 17.5 Å². The Balaban J connectivity index is 1.33. The third-order valence-corrected chi connectivity index (χ3v) is 7.98. The number of para-hydroxylation sites is 2. The van der Waals surface area contributed by atoms with Gasteiger partial charge in [-0.05, 0) is 23.8 Å². The third-order valence-electron chi connectivity index (χ3n) is 6.84. The second kappa shape index (κ2) is 8.46. The molecule has 3 heterocycles. The normalized spacial score (nSPS) is 22.9. The molecule has 4 amide bonds. The highest BCUT2D eigenvalue weighted by atomic mass is 32.2. The zero-order valence-electron chi connectivity index (χ0n) is 18.8. The van der Waals surface area contributed by atoms with E-state index in [1.807, 2.05) is 66.7 Å². The topological polar surface area (TPSA) is 79.0 Å². The first-order valence-electron chi connectivity index (χ1n) is 11.5. The molecule has 0 radical (unpaired) electrons. The van der Waals surface area contributed by atoms with Crippen molar-refractivity contribution in [3.8, 4) is 5.75 Å². The summed E-state index contributed by atoms with van der Waals surface area (Å²) < 4.78 is 5.71. The van der Waals surface area contributed by atoms with Gasteiger partial charge in [0.05, 0.1) is 18.3 Å². The molecule has 176 valence electrons. The average Bonchev–Trinajstić information content (AvgIpc) is 3.13. The van der Waals surface area contributed by atoms with E-state index in [0.29, 0.717) is 30.1 Å². The van der Waals surface area contributed by atoms with E-state index in [0.717, 1.165) is 21.0 Å². The molecule has 0 aliphatic carbocycles. The van der Waals surface area contributed by atoms with Crippen molar-refractivity contribution in [3.63, 3.8) is 0 Å². The predicted molar refractivity (Wildman–Crippen MR) is 132 cm³/mol. The minimum atomic E-state index is -1.21. The molecule has 0 bridgehead atoms. The monoisotopic (exact) mass is 485 g/mol. The molecule has 0 aromatic heterocycles. The number of nitrogens with one attached hydrogen (secondary N) is 1. The first kappa shape index (κ1) is 21.7. The maximum atomic E-state index is 13.8. The van der Waals surface area contributed by atoms with Gasteiger partial charge in [0.25, 0.3) is 5.91 Å². The van der Waals surface area contributed by atoms with Crippen molar-refractivity contribution in [3.05, 3.63) is 90.0 Å². The summed E-state index contributed by atoms with van der Waals surface area (Å²) >= 11 is 1.70. The molecule has 1 N–H and O–H groups in total.